The lowest BCUT2D eigenvalue weighted by molar-refractivity contribution is -0.121. The lowest BCUT2D eigenvalue weighted by Gasteiger charge is -2.14. The first kappa shape index (κ1) is 22.7. The molecule has 1 aliphatic carbocycles. The molecule has 0 radical (unpaired) electrons. The second-order valence-electron chi connectivity index (χ2n) is 8.86. The monoisotopic (exact) mass is 447 g/mol. The molecule has 2 aromatic rings. The van der Waals surface area contributed by atoms with Crippen LogP contribution in [0.5, 0.6) is 0 Å². The fourth-order valence-corrected chi connectivity index (χ4v) is 4.49. The van der Waals surface area contributed by atoms with E-state index in [1.165, 1.54) is 4.90 Å². The van der Waals surface area contributed by atoms with E-state index in [1.807, 2.05) is 37.3 Å². The Kier molecular flexibility index (Phi) is 6.87. The molecule has 2 aromatic carbocycles. The number of hydrogen-bond donors (Lipinski definition) is 2. The summed E-state index contributed by atoms with van der Waals surface area (Å²) in [5, 5.41) is 5.84. The van der Waals surface area contributed by atoms with Crippen molar-refractivity contribution in [3.63, 3.8) is 0 Å². The van der Waals surface area contributed by atoms with E-state index < -0.39 is 0 Å². The predicted molar refractivity (Wildman–Crippen MR) is 125 cm³/mol. The molecule has 1 fully saturated rings. The van der Waals surface area contributed by atoms with Crippen LogP contribution in [-0.2, 0) is 16.1 Å². The van der Waals surface area contributed by atoms with Gasteiger partial charge in [-0.25, -0.2) is 0 Å². The minimum Gasteiger partial charge on any atom is -0.352 e. The Morgan fingerprint density at radius 2 is 1.76 bits per heavy atom. The first-order valence-corrected chi connectivity index (χ1v) is 11.6. The zero-order chi connectivity index (χ0) is 23.4. The highest BCUT2D eigenvalue weighted by Crippen LogP contribution is 2.26. The Balaban J connectivity index is 1.22. The highest BCUT2D eigenvalue weighted by Gasteiger charge is 2.35. The number of carbonyl (C=O) groups excluding carboxylic acids is 4. The van der Waals surface area contributed by atoms with Crippen LogP contribution >= 0.6 is 0 Å². The highest BCUT2D eigenvalue weighted by atomic mass is 16.2. The van der Waals surface area contributed by atoms with Gasteiger partial charge in [-0.05, 0) is 56.0 Å². The molecule has 0 aromatic heterocycles. The average molecular weight is 448 g/mol. The van der Waals surface area contributed by atoms with Crippen molar-refractivity contribution in [2.45, 2.75) is 52.0 Å². The minimum absolute atomic E-state index is 0.0667. The first-order chi connectivity index (χ1) is 15.9. The van der Waals surface area contributed by atoms with Gasteiger partial charge in [0.1, 0.15) is 0 Å². The Morgan fingerprint density at radius 3 is 2.55 bits per heavy atom. The van der Waals surface area contributed by atoms with Crippen molar-refractivity contribution in [3.8, 4) is 0 Å². The molecule has 33 heavy (non-hydrogen) atoms. The van der Waals surface area contributed by atoms with E-state index in [1.54, 1.807) is 12.1 Å². The fraction of sp³-hybridized carbons (Fsp3) is 0.385. The van der Waals surface area contributed by atoms with Crippen molar-refractivity contribution in [1.82, 2.24) is 10.2 Å². The van der Waals surface area contributed by atoms with Gasteiger partial charge in [0.2, 0.25) is 11.8 Å². The quantitative estimate of drug-likeness (QED) is 0.602. The molecule has 1 heterocycles. The van der Waals surface area contributed by atoms with Gasteiger partial charge in [-0.1, -0.05) is 36.6 Å². The largest absolute Gasteiger partial charge is 0.352 e. The molecule has 0 saturated heterocycles. The molecule has 1 aliphatic heterocycles. The van der Waals surface area contributed by atoms with Gasteiger partial charge in [0.25, 0.3) is 11.8 Å². The number of rotatable bonds is 8. The average Bonchev–Trinajstić information content (AvgIpc) is 3.42. The summed E-state index contributed by atoms with van der Waals surface area (Å²) in [5.74, 6) is -0.582. The summed E-state index contributed by atoms with van der Waals surface area (Å²) >= 11 is 0. The number of imide groups is 1. The van der Waals surface area contributed by atoms with Crippen molar-refractivity contribution in [2.24, 2.45) is 5.92 Å². The molecule has 0 atom stereocenters. The molecular weight excluding hydrogens is 418 g/mol. The van der Waals surface area contributed by atoms with Gasteiger partial charge in [-0.3, -0.25) is 24.1 Å². The third-order valence-electron chi connectivity index (χ3n) is 6.32. The zero-order valence-electron chi connectivity index (χ0n) is 18.9. The molecule has 0 spiro atoms. The van der Waals surface area contributed by atoms with Gasteiger partial charge in [0, 0.05) is 31.1 Å². The maximum Gasteiger partial charge on any atom is 0.261 e. The predicted octanol–water partition coefficient (Wildman–Crippen LogP) is 3.82. The van der Waals surface area contributed by atoms with E-state index >= 15 is 0 Å². The second-order valence-corrected chi connectivity index (χ2v) is 8.86. The van der Waals surface area contributed by atoms with Gasteiger partial charge in [-0.2, -0.15) is 0 Å². The summed E-state index contributed by atoms with van der Waals surface area (Å²) in [5.41, 5.74) is 3.42. The lowest BCUT2D eigenvalue weighted by atomic mass is 10.1. The van der Waals surface area contributed by atoms with E-state index in [2.05, 4.69) is 10.6 Å². The number of nitrogens with one attached hydrogen (secondary N) is 2. The molecule has 7 nitrogen and oxygen atoms in total. The third kappa shape index (κ3) is 5.30. The summed E-state index contributed by atoms with van der Waals surface area (Å²) in [6, 6.07) is 12.7. The van der Waals surface area contributed by atoms with Gasteiger partial charge < -0.3 is 10.6 Å². The van der Waals surface area contributed by atoms with Crippen LogP contribution in [-0.4, -0.2) is 35.1 Å². The third-order valence-corrected chi connectivity index (χ3v) is 6.32. The van der Waals surface area contributed by atoms with Crippen LogP contribution in [0.15, 0.2) is 42.5 Å². The molecule has 2 aliphatic rings. The molecule has 7 heteroatoms. The van der Waals surface area contributed by atoms with Crippen LogP contribution in [0.3, 0.4) is 0 Å². The Bertz CT molecular complexity index is 1090. The van der Waals surface area contributed by atoms with Gasteiger partial charge >= 0.3 is 0 Å². The second kappa shape index (κ2) is 9.98. The molecule has 0 unspecified atom stereocenters. The van der Waals surface area contributed by atoms with Gasteiger partial charge in [0.05, 0.1) is 11.1 Å². The molecule has 172 valence electrons. The number of aryl methyl sites for hydroxylation is 1. The highest BCUT2D eigenvalue weighted by molar-refractivity contribution is 6.21. The Labute approximate surface area is 193 Å². The van der Waals surface area contributed by atoms with Crippen LogP contribution in [0.2, 0.25) is 0 Å². The standard InChI is InChI=1S/C26H29N3O4/c1-17-11-12-21-22(14-17)26(33)29(25(21)32)13-5-10-23(30)27-16-18-6-4-9-20(15-18)28-24(31)19-7-2-3-8-19/h4,6,9,11-12,14-15,19H,2-3,5,7-8,10,13,16H2,1H3,(H,27,30)(H,28,31). The fourth-order valence-electron chi connectivity index (χ4n) is 4.49. The van der Waals surface area contributed by atoms with E-state index in [0.29, 0.717) is 24.1 Å². The number of carbonyl (C=O) groups is 4. The lowest BCUT2D eigenvalue weighted by Crippen LogP contribution is -2.32. The molecule has 4 rings (SSSR count). The smallest absolute Gasteiger partial charge is 0.261 e. The van der Waals surface area contributed by atoms with Crippen molar-refractivity contribution >= 4 is 29.3 Å². The zero-order valence-corrected chi connectivity index (χ0v) is 18.9. The van der Waals surface area contributed by atoms with Crippen LogP contribution in [0.4, 0.5) is 5.69 Å². The minimum atomic E-state index is -0.299. The number of anilines is 1. The molecule has 1 saturated carbocycles. The van der Waals surface area contributed by atoms with E-state index in [0.717, 1.165) is 42.5 Å². The Hall–Kier alpha value is -3.48. The van der Waals surface area contributed by atoms with Crippen molar-refractivity contribution < 1.29 is 19.2 Å². The number of hydrogen-bond acceptors (Lipinski definition) is 4. The maximum atomic E-state index is 12.5. The number of amides is 4. The first-order valence-electron chi connectivity index (χ1n) is 11.6. The van der Waals surface area contributed by atoms with Crippen LogP contribution in [0.1, 0.15) is 70.4 Å². The normalized spacial score (nSPS) is 15.6. The summed E-state index contributed by atoms with van der Waals surface area (Å²) in [6.07, 6.45) is 4.72. The molecular formula is C26H29N3O4. The van der Waals surface area contributed by atoms with Gasteiger partial charge in [-0.15, -0.1) is 0 Å². The SMILES string of the molecule is Cc1ccc2c(c1)C(=O)N(CCCC(=O)NCc1cccc(NC(=O)C3CCCC3)c1)C2=O. The van der Waals surface area contributed by atoms with Gasteiger partial charge in [0.15, 0.2) is 0 Å². The number of benzene rings is 2. The van der Waals surface area contributed by atoms with E-state index in [-0.39, 0.29) is 42.5 Å². The number of nitrogens with zero attached hydrogens (tertiary/aromatic N) is 1. The molecule has 2 N–H and O–H groups in total. The van der Waals surface area contributed by atoms with Crippen molar-refractivity contribution in [1.29, 1.82) is 0 Å². The topological polar surface area (TPSA) is 95.6 Å². The van der Waals surface area contributed by atoms with Crippen LogP contribution < -0.4 is 10.6 Å². The van der Waals surface area contributed by atoms with E-state index in [4.69, 9.17) is 0 Å². The summed E-state index contributed by atoms with van der Waals surface area (Å²) in [7, 11) is 0. The summed E-state index contributed by atoms with van der Waals surface area (Å²) in [4.78, 5) is 50.8. The summed E-state index contributed by atoms with van der Waals surface area (Å²) < 4.78 is 0. The summed E-state index contributed by atoms with van der Waals surface area (Å²) in [6.45, 7) is 2.43. The maximum absolute atomic E-state index is 12.5. The number of fused-ring (bicyclic) bond motifs is 1. The van der Waals surface area contributed by atoms with Crippen molar-refractivity contribution in [3.05, 3.63) is 64.7 Å². The Morgan fingerprint density at radius 1 is 1.00 bits per heavy atom. The van der Waals surface area contributed by atoms with E-state index in [9.17, 15) is 19.2 Å². The van der Waals surface area contributed by atoms with Crippen LogP contribution in [0.25, 0.3) is 0 Å². The molecule has 0 bridgehead atoms. The van der Waals surface area contributed by atoms with Crippen LogP contribution in [0, 0.1) is 12.8 Å². The van der Waals surface area contributed by atoms with Crippen molar-refractivity contribution in [2.75, 3.05) is 11.9 Å². The molecule has 4 amide bonds.